The molecule has 2 aromatic carbocycles. The third kappa shape index (κ3) is 3.50. The highest BCUT2D eigenvalue weighted by Gasteiger charge is 2.34. The number of ketones is 1. The van der Waals surface area contributed by atoms with Gasteiger partial charge in [0.15, 0.2) is 5.78 Å². The van der Waals surface area contributed by atoms with E-state index in [0.29, 0.717) is 11.1 Å². The van der Waals surface area contributed by atoms with E-state index < -0.39 is 17.7 Å². The highest BCUT2D eigenvalue weighted by Crippen LogP contribution is 2.35. The molecule has 0 aromatic heterocycles. The molecule has 2 nitrogen and oxygen atoms in total. The van der Waals surface area contributed by atoms with Gasteiger partial charge in [-0.3, -0.25) is 4.79 Å². The van der Waals surface area contributed by atoms with Crippen molar-refractivity contribution in [2.24, 2.45) is 0 Å². The lowest BCUT2D eigenvalue weighted by molar-refractivity contribution is -0.137. The Balaban J connectivity index is 2.02. The minimum absolute atomic E-state index is 0.191. The Bertz CT molecular complexity index is 824. The van der Waals surface area contributed by atoms with E-state index in [1.54, 1.807) is 35.5 Å². The number of carbonyl (C=O) groups is 1. The first-order valence-corrected chi connectivity index (χ1v) is 7.77. The van der Waals surface area contributed by atoms with Crippen LogP contribution in [0.5, 0.6) is 0 Å². The quantitative estimate of drug-likeness (QED) is 0.793. The lowest BCUT2D eigenvalue weighted by Crippen LogP contribution is -2.31. The second-order valence-corrected chi connectivity index (χ2v) is 5.83. The molecule has 0 bridgehead atoms. The predicted molar refractivity (Wildman–Crippen MR) is 90.5 cm³/mol. The summed E-state index contributed by atoms with van der Waals surface area (Å²) in [6.45, 7) is 3.98. The smallest absolute Gasteiger partial charge is 0.353 e. The molecule has 0 amide bonds. The molecule has 1 atom stereocenters. The van der Waals surface area contributed by atoms with Gasteiger partial charge in [-0.25, -0.2) is 0 Å². The monoisotopic (exact) mass is 343 g/mol. The van der Waals surface area contributed by atoms with Crippen molar-refractivity contribution in [3.8, 4) is 0 Å². The number of rotatable bonds is 3. The maximum atomic E-state index is 13.0. The van der Waals surface area contributed by atoms with Gasteiger partial charge in [-0.05, 0) is 23.4 Å². The number of allylic oxidation sites excluding steroid dienone is 1. The standard InChI is InChI=1S/C20H16F3NO/c1-2-24-12-17(14-7-4-3-5-8-14)19(25)18(13-24)15-9-6-10-16(11-15)20(21,22)23/h2-12,18H,1,13H2. The van der Waals surface area contributed by atoms with Gasteiger partial charge < -0.3 is 4.90 Å². The largest absolute Gasteiger partial charge is 0.416 e. The molecule has 1 aliphatic rings. The Morgan fingerprint density at radius 3 is 2.44 bits per heavy atom. The van der Waals surface area contributed by atoms with Gasteiger partial charge in [-0.1, -0.05) is 55.1 Å². The Kier molecular flexibility index (Phi) is 4.49. The van der Waals surface area contributed by atoms with E-state index in [4.69, 9.17) is 0 Å². The molecule has 1 heterocycles. The molecule has 3 rings (SSSR count). The highest BCUT2D eigenvalue weighted by molar-refractivity contribution is 6.24. The normalized spacial score (nSPS) is 18.0. The summed E-state index contributed by atoms with van der Waals surface area (Å²) >= 11 is 0. The fraction of sp³-hybridized carbons (Fsp3) is 0.150. The van der Waals surface area contributed by atoms with Crippen LogP contribution in [0.1, 0.15) is 22.6 Å². The van der Waals surface area contributed by atoms with Crippen molar-refractivity contribution in [2.45, 2.75) is 12.1 Å². The summed E-state index contributed by atoms with van der Waals surface area (Å²) < 4.78 is 39.0. The third-order valence-electron chi connectivity index (χ3n) is 4.21. The summed E-state index contributed by atoms with van der Waals surface area (Å²) in [5, 5.41) is 0. The van der Waals surface area contributed by atoms with E-state index in [2.05, 4.69) is 6.58 Å². The molecule has 128 valence electrons. The van der Waals surface area contributed by atoms with Crippen molar-refractivity contribution in [1.82, 2.24) is 4.90 Å². The Morgan fingerprint density at radius 2 is 1.80 bits per heavy atom. The van der Waals surface area contributed by atoms with Crippen LogP contribution >= 0.6 is 0 Å². The fourth-order valence-electron chi connectivity index (χ4n) is 2.91. The van der Waals surface area contributed by atoms with E-state index in [0.717, 1.165) is 17.7 Å². The average Bonchev–Trinajstić information content (AvgIpc) is 2.62. The van der Waals surface area contributed by atoms with Crippen LogP contribution in [0.2, 0.25) is 0 Å². The van der Waals surface area contributed by atoms with Crippen molar-refractivity contribution in [3.05, 3.63) is 90.3 Å². The van der Waals surface area contributed by atoms with Crippen LogP contribution in [0.4, 0.5) is 13.2 Å². The number of halogens is 3. The zero-order chi connectivity index (χ0) is 18.0. The van der Waals surface area contributed by atoms with Crippen molar-refractivity contribution in [1.29, 1.82) is 0 Å². The van der Waals surface area contributed by atoms with Crippen LogP contribution in [0.3, 0.4) is 0 Å². The van der Waals surface area contributed by atoms with Crippen LogP contribution in [0.15, 0.2) is 73.6 Å². The average molecular weight is 343 g/mol. The van der Waals surface area contributed by atoms with Gasteiger partial charge in [0.2, 0.25) is 0 Å². The molecule has 5 heteroatoms. The zero-order valence-electron chi connectivity index (χ0n) is 13.3. The first-order valence-electron chi connectivity index (χ1n) is 7.77. The molecule has 0 N–H and O–H groups in total. The van der Waals surface area contributed by atoms with Gasteiger partial charge in [-0.15, -0.1) is 0 Å². The maximum absolute atomic E-state index is 13.0. The van der Waals surface area contributed by atoms with Gasteiger partial charge in [-0.2, -0.15) is 13.2 Å². The third-order valence-corrected chi connectivity index (χ3v) is 4.21. The van der Waals surface area contributed by atoms with E-state index in [1.165, 1.54) is 6.07 Å². The number of hydrogen-bond acceptors (Lipinski definition) is 2. The molecule has 1 unspecified atom stereocenters. The number of hydrogen-bond donors (Lipinski definition) is 0. The molecule has 0 radical (unpaired) electrons. The van der Waals surface area contributed by atoms with Gasteiger partial charge >= 0.3 is 6.18 Å². The summed E-state index contributed by atoms with van der Waals surface area (Å²) in [5.74, 6) is -0.871. The molecule has 2 aromatic rings. The molecule has 0 saturated carbocycles. The molecule has 25 heavy (non-hydrogen) atoms. The van der Waals surface area contributed by atoms with Crippen LogP contribution in [-0.2, 0) is 11.0 Å². The number of alkyl halides is 3. The summed E-state index contributed by atoms with van der Waals surface area (Å²) in [6.07, 6.45) is -1.19. The van der Waals surface area contributed by atoms with Gasteiger partial charge in [0.05, 0.1) is 11.5 Å². The topological polar surface area (TPSA) is 20.3 Å². The van der Waals surface area contributed by atoms with Crippen molar-refractivity contribution >= 4 is 11.4 Å². The fourth-order valence-corrected chi connectivity index (χ4v) is 2.91. The van der Waals surface area contributed by atoms with E-state index in [-0.39, 0.29) is 12.3 Å². The first-order chi connectivity index (χ1) is 11.9. The molecule has 0 fully saturated rings. The number of Topliss-reactive ketones (excluding diaryl/α,β-unsaturated/α-hetero) is 1. The van der Waals surface area contributed by atoms with E-state index >= 15 is 0 Å². The maximum Gasteiger partial charge on any atom is 0.416 e. The molecular weight excluding hydrogens is 327 g/mol. The highest BCUT2D eigenvalue weighted by atomic mass is 19.4. The zero-order valence-corrected chi connectivity index (χ0v) is 13.3. The molecule has 0 spiro atoms. The summed E-state index contributed by atoms with van der Waals surface area (Å²) in [5.41, 5.74) is 0.803. The van der Waals surface area contributed by atoms with Crippen molar-refractivity contribution < 1.29 is 18.0 Å². The molecule has 0 aliphatic carbocycles. The molecule has 0 saturated heterocycles. The lowest BCUT2D eigenvalue weighted by Gasteiger charge is -2.30. The van der Waals surface area contributed by atoms with Crippen LogP contribution in [0.25, 0.3) is 5.57 Å². The minimum Gasteiger partial charge on any atom is -0.353 e. The lowest BCUT2D eigenvalue weighted by atomic mass is 9.85. The second kappa shape index (κ2) is 6.59. The summed E-state index contributed by atoms with van der Waals surface area (Å²) in [6, 6.07) is 14.0. The van der Waals surface area contributed by atoms with Gasteiger partial charge in [0.1, 0.15) is 0 Å². The SMILES string of the molecule is C=CN1C=C(c2ccccc2)C(=O)C(c2cccc(C(F)(F)F)c2)C1. The Morgan fingerprint density at radius 1 is 1.08 bits per heavy atom. The Labute approximate surface area is 143 Å². The summed E-state index contributed by atoms with van der Waals surface area (Å²) in [7, 11) is 0. The van der Waals surface area contributed by atoms with Crippen LogP contribution in [-0.4, -0.2) is 17.2 Å². The van der Waals surface area contributed by atoms with E-state index in [9.17, 15) is 18.0 Å². The molecular formula is C20H16F3NO. The van der Waals surface area contributed by atoms with Crippen molar-refractivity contribution in [3.63, 3.8) is 0 Å². The Hall–Kier alpha value is -2.82. The van der Waals surface area contributed by atoms with Gasteiger partial charge in [0, 0.05) is 18.3 Å². The van der Waals surface area contributed by atoms with Crippen LogP contribution in [0, 0.1) is 0 Å². The van der Waals surface area contributed by atoms with Gasteiger partial charge in [0.25, 0.3) is 0 Å². The number of carbonyl (C=O) groups excluding carboxylic acids is 1. The van der Waals surface area contributed by atoms with Crippen molar-refractivity contribution in [2.75, 3.05) is 6.54 Å². The second-order valence-electron chi connectivity index (χ2n) is 5.83. The van der Waals surface area contributed by atoms with E-state index in [1.807, 2.05) is 18.2 Å². The molecule has 1 aliphatic heterocycles. The van der Waals surface area contributed by atoms with Crippen LogP contribution < -0.4 is 0 Å². The number of benzene rings is 2. The predicted octanol–water partition coefficient (Wildman–Crippen LogP) is 4.86. The summed E-state index contributed by atoms with van der Waals surface area (Å²) in [4.78, 5) is 14.7. The minimum atomic E-state index is -4.44. The number of nitrogens with zero attached hydrogens (tertiary/aromatic N) is 1. The first kappa shape index (κ1) is 17.0.